The number of hydrogen-bond donors (Lipinski definition) is 0. The van der Waals surface area contributed by atoms with Crippen molar-refractivity contribution < 1.29 is 4.42 Å². The van der Waals surface area contributed by atoms with Gasteiger partial charge in [-0.1, -0.05) is 23.8 Å². The smallest absolute Gasteiger partial charge is 0.197 e. The van der Waals surface area contributed by atoms with Crippen molar-refractivity contribution in [1.29, 1.82) is 0 Å². The van der Waals surface area contributed by atoms with E-state index >= 15 is 0 Å². The molecule has 0 bridgehead atoms. The molecule has 1 aliphatic carbocycles. The Morgan fingerprint density at radius 3 is 3.03 bits per heavy atom. The lowest BCUT2D eigenvalue weighted by Crippen LogP contribution is -2.33. The Bertz CT molecular complexity index is 1020. The molecule has 29 heavy (non-hydrogen) atoms. The molecule has 0 aliphatic heterocycles. The lowest BCUT2D eigenvalue weighted by atomic mass is 9.93. The molecule has 2 aromatic heterocycles. The quantitative estimate of drug-likeness (QED) is 0.529. The Labute approximate surface area is 171 Å². The van der Waals surface area contributed by atoms with Crippen molar-refractivity contribution in [2.45, 2.75) is 45.7 Å². The summed E-state index contributed by atoms with van der Waals surface area (Å²) in [6, 6.07) is 5.79. The summed E-state index contributed by atoms with van der Waals surface area (Å²) < 4.78 is 7.89. The highest BCUT2D eigenvalue weighted by atomic mass is 16.3. The van der Waals surface area contributed by atoms with Crippen LogP contribution in [0.4, 0.5) is 0 Å². The van der Waals surface area contributed by atoms with Gasteiger partial charge in [-0.05, 0) is 50.7 Å². The maximum absolute atomic E-state index is 13.1. The van der Waals surface area contributed by atoms with Gasteiger partial charge >= 0.3 is 0 Å². The molecule has 0 unspecified atom stereocenters. The third-order valence-electron chi connectivity index (χ3n) is 5.74. The molecule has 0 fully saturated rings. The summed E-state index contributed by atoms with van der Waals surface area (Å²) >= 11 is 0. The molecule has 2 heterocycles. The summed E-state index contributed by atoms with van der Waals surface area (Å²) in [5.74, 6) is 0.656. The second kappa shape index (κ2) is 9.23. The largest absolute Gasteiger partial charge is 0.464 e. The molecular formula is C24H29N3O2. The van der Waals surface area contributed by atoms with Crippen LogP contribution in [0.15, 0.2) is 64.5 Å². The van der Waals surface area contributed by atoms with E-state index in [1.165, 1.54) is 6.42 Å². The fraction of sp³-hybridized carbons (Fsp3) is 0.417. The van der Waals surface area contributed by atoms with E-state index in [-0.39, 0.29) is 5.43 Å². The Morgan fingerprint density at radius 2 is 2.24 bits per heavy atom. The molecule has 1 aromatic carbocycles. The van der Waals surface area contributed by atoms with Crippen molar-refractivity contribution in [3.8, 4) is 0 Å². The van der Waals surface area contributed by atoms with E-state index in [2.05, 4.69) is 26.6 Å². The van der Waals surface area contributed by atoms with Crippen LogP contribution in [0.3, 0.4) is 0 Å². The predicted octanol–water partition coefficient (Wildman–Crippen LogP) is 4.55. The molecule has 0 amide bonds. The highest BCUT2D eigenvalue weighted by molar-refractivity contribution is 5.77. The molecule has 0 radical (unpaired) electrons. The van der Waals surface area contributed by atoms with Crippen LogP contribution in [0.25, 0.3) is 11.0 Å². The molecule has 0 N–H and O–H groups in total. The number of aryl methyl sites for hydroxylation is 2. The molecule has 152 valence electrons. The topological polar surface area (TPSA) is 51.3 Å². The van der Waals surface area contributed by atoms with Gasteiger partial charge in [-0.25, -0.2) is 4.98 Å². The van der Waals surface area contributed by atoms with Crippen molar-refractivity contribution in [1.82, 2.24) is 14.5 Å². The summed E-state index contributed by atoms with van der Waals surface area (Å²) in [4.78, 5) is 19.6. The monoisotopic (exact) mass is 391 g/mol. The minimum Gasteiger partial charge on any atom is -0.464 e. The van der Waals surface area contributed by atoms with Crippen LogP contribution in [0.2, 0.25) is 0 Å². The van der Waals surface area contributed by atoms with Gasteiger partial charge in [-0.15, -0.1) is 0 Å². The first-order valence-electron chi connectivity index (χ1n) is 10.5. The van der Waals surface area contributed by atoms with E-state index < -0.39 is 0 Å². The molecule has 0 saturated carbocycles. The normalized spacial score (nSPS) is 16.7. The third-order valence-corrected chi connectivity index (χ3v) is 5.74. The maximum atomic E-state index is 13.1. The van der Waals surface area contributed by atoms with Crippen molar-refractivity contribution >= 4 is 11.0 Å². The van der Waals surface area contributed by atoms with Crippen LogP contribution >= 0.6 is 0 Å². The molecule has 1 atom stereocenters. The molecule has 0 saturated heterocycles. The van der Waals surface area contributed by atoms with Crippen LogP contribution in [0.5, 0.6) is 0 Å². The first kappa shape index (κ1) is 19.6. The molecule has 4 rings (SSSR count). The Balaban J connectivity index is 1.50. The lowest BCUT2D eigenvalue weighted by Gasteiger charge is -2.28. The molecule has 3 aromatic rings. The van der Waals surface area contributed by atoms with Gasteiger partial charge in [-0.3, -0.25) is 9.69 Å². The van der Waals surface area contributed by atoms with Crippen LogP contribution < -0.4 is 5.43 Å². The van der Waals surface area contributed by atoms with E-state index in [1.807, 2.05) is 43.8 Å². The maximum Gasteiger partial charge on any atom is 0.197 e. The number of benzene rings is 1. The minimum atomic E-state index is 0.0955. The number of nitrogens with zero attached hydrogens (tertiary/aromatic N) is 3. The van der Waals surface area contributed by atoms with Crippen LogP contribution in [-0.2, 0) is 13.1 Å². The van der Waals surface area contributed by atoms with Gasteiger partial charge in [0.2, 0.25) is 0 Å². The zero-order valence-electron chi connectivity index (χ0n) is 17.1. The standard InChI is InChI=1S/C24H29N3O2/c1-19-8-9-23-22(14-19)24(28)21(17-29-23)16-27(15-20-6-3-2-4-7-20)12-5-11-26-13-10-25-18-26/h2-3,8-10,13-14,17-18,20H,4-7,11-12,15-16H2,1H3/t20-/m1/s1. The van der Waals surface area contributed by atoms with E-state index in [0.717, 1.165) is 50.0 Å². The van der Waals surface area contributed by atoms with E-state index in [0.29, 0.717) is 23.4 Å². The van der Waals surface area contributed by atoms with Gasteiger partial charge in [0.15, 0.2) is 5.43 Å². The minimum absolute atomic E-state index is 0.0955. The first-order chi connectivity index (χ1) is 14.2. The van der Waals surface area contributed by atoms with Gasteiger partial charge in [0.05, 0.1) is 18.0 Å². The summed E-state index contributed by atoms with van der Waals surface area (Å²) in [7, 11) is 0. The first-order valence-corrected chi connectivity index (χ1v) is 10.5. The van der Waals surface area contributed by atoms with E-state index in [4.69, 9.17) is 4.42 Å². The predicted molar refractivity (Wildman–Crippen MR) is 116 cm³/mol. The summed E-state index contributed by atoms with van der Waals surface area (Å²) in [6.07, 6.45) is 16.4. The van der Waals surface area contributed by atoms with Gasteiger partial charge in [-0.2, -0.15) is 0 Å². The van der Waals surface area contributed by atoms with Crippen molar-refractivity contribution in [3.63, 3.8) is 0 Å². The average Bonchev–Trinajstić information content (AvgIpc) is 3.25. The summed E-state index contributed by atoms with van der Waals surface area (Å²) in [5, 5.41) is 0.682. The van der Waals surface area contributed by atoms with Crippen LogP contribution in [0.1, 0.15) is 36.8 Å². The van der Waals surface area contributed by atoms with E-state index in [1.54, 1.807) is 6.26 Å². The highest BCUT2D eigenvalue weighted by Gasteiger charge is 2.17. The average molecular weight is 392 g/mol. The van der Waals surface area contributed by atoms with Crippen molar-refractivity contribution in [2.24, 2.45) is 5.92 Å². The molecule has 1 aliphatic rings. The van der Waals surface area contributed by atoms with Gasteiger partial charge in [0.1, 0.15) is 5.58 Å². The Hall–Kier alpha value is -2.66. The van der Waals surface area contributed by atoms with E-state index in [9.17, 15) is 4.79 Å². The zero-order valence-corrected chi connectivity index (χ0v) is 17.1. The zero-order chi connectivity index (χ0) is 20.1. The van der Waals surface area contributed by atoms with Crippen LogP contribution in [0, 0.1) is 12.8 Å². The third kappa shape index (κ3) is 5.04. The van der Waals surface area contributed by atoms with Crippen molar-refractivity contribution in [3.05, 3.63) is 76.7 Å². The number of fused-ring (bicyclic) bond motifs is 1. The molecule has 5 heteroatoms. The summed E-state index contributed by atoms with van der Waals surface area (Å²) in [5.41, 5.74) is 2.58. The second-order valence-corrected chi connectivity index (χ2v) is 8.13. The fourth-order valence-corrected chi connectivity index (χ4v) is 4.15. The van der Waals surface area contributed by atoms with Crippen LogP contribution in [-0.4, -0.2) is 27.5 Å². The molecular weight excluding hydrogens is 362 g/mol. The number of hydrogen-bond acceptors (Lipinski definition) is 4. The number of allylic oxidation sites excluding steroid dienone is 2. The molecule has 5 nitrogen and oxygen atoms in total. The Morgan fingerprint density at radius 1 is 1.31 bits per heavy atom. The fourth-order valence-electron chi connectivity index (χ4n) is 4.15. The number of aromatic nitrogens is 2. The van der Waals surface area contributed by atoms with Crippen molar-refractivity contribution in [2.75, 3.05) is 13.1 Å². The summed E-state index contributed by atoms with van der Waals surface area (Å²) in [6.45, 7) is 5.54. The lowest BCUT2D eigenvalue weighted by molar-refractivity contribution is 0.208. The Kier molecular flexibility index (Phi) is 6.25. The SMILES string of the molecule is Cc1ccc2occ(CN(CCCn3ccnc3)C[C@@H]3CC=CCC3)c(=O)c2c1. The second-order valence-electron chi connectivity index (χ2n) is 8.13. The van der Waals surface area contributed by atoms with Gasteiger partial charge in [0.25, 0.3) is 0 Å². The molecule has 0 spiro atoms. The highest BCUT2D eigenvalue weighted by Crippen LogP contribution is 2.21. The number of rotatable bonds is 8. The van der Waals surface area contributed by atoms with Gasteiger partial charge < -0.3 is 8.98 Å². The van der Waals surface area contributed by atoms with Gasteiger partial charge in [0, 0.05) is 44.1 Å². The number of imidazole rings is 1.